The minimum atomic E-state index is 0.0245. The van der Waals surface area contributed by atoms with Gasteiger partial charge in [-0.15, -0.1) is 0 Å². The number of hydrogen-bond acceptors (Lipinski definition) is 5. The monoisotopic (exact) mass is 253 g/mol. The van der Waals surface area contributed by atoms with Crippen LogP contribution < -0.4 is 4.90 Å². The molecule has 0 aliphatic rings. The van der Waals surface area contributed by atoms with Gasteiger partial charge in [0.1, 0.15) is 0 Å². The van der Waals surface area contributed by atoms with Crippen molar-refractivity contribution in [3.8, 4) is 0 Å². The predicted molar refractivity (Wildman–Crippen MR) is 71.9 cm³/mol. The summed E-state index contributed by atoms with van der Waals surface area (Å²) in [6.07, 6.45) is 0.849. The molecular formula is C13H23N3O2. The quantitative estimate of drug-likeness (QED) is 0.757. The van der Waals surface area contributed by atoms with Crippen LogP contribution in [0.3, 0.4) is 0 Å². The smallest absolute Gasteiger partial charge is 0.225 e. The van der Waals surface area contributed by atoms with E-state index in [1.54, 1.807) is 0 Å². The fraction of sp³-hybridized carbons (Fsp3) is 0.692. The Labute approximate surface area is 109 Å². The third-order valence-corrected chi connectivity index (χ3v) is 2.76. The van der Waals surface area contributed by atoms with Gasteiger partial charge in [0.2, 0.25) is 5.95 Å². The second kappa shape index (κ2) is 7.28. The molecule has 0 atom stereocenters. The number of anilines is 1. The molecular weight excluding hydrogens is 230 g/mol. The van der Waals surface area contributed by atoms with E-state index in [0.717, 1.165) is 17.8 Å². The lowest BCUT2D eigenvalue weighted by Crippen LogP contribution is -2.31. The summed E-state index contributed by atoms with van der Waals surface area (Å²) in [6.45, 7) is 7.16. The number of aromatic nitrogens is 2. The van der Waals surface area contributed by atoms with E-state index in [2.05, 4.69) is 30.7 Å². The highest BCUT2D eigenvalue weighted by Gasteiger charge is 2.12. The summed E-state index contributed by atoms with van der Waals surface area (Å²) in [7, 11) is 0. The van der Waals surface area contributed by atoms with Crippen molar-refractivity contribution in [3.63, 3.8) is 0 Å². The summed E-state index contributed by atoms with van der Waals surface area (Å²) >= 11 is 0. The number of aliphatic hydroxyl groups excluding tert-OH is 2. The molecule has 0 amide bonds. The zero-order valence-corrected chi connectivity index (χ0v) is 11.4. The average molecular weight is 253 g/mol. The second-order valence-electron chi connectivity index (χ2n) is 4.53. The van der Waals surface area contributed by atoms with Gasteiger partial charge in [0.15, 0.2) is 0 Å². The minimum Gasteiger partial charge on any atom is -0.395 e. The Bertz CT molecular complexity index is 363. The van der Waals surface area contributed by atoms with Gasteiger partial charge in [-0.1, -0.05) is 20.8 Å². The first kappa shape index (κ1) is 14.9. The van der Waals surface area contributed by atoms with E-state index in [0.29, 0.717) is 25.0 Å². The van der Waals surface area contributed by atoms with Crippen molar-refractivity contribution < 1.29 is 10.2 Å². The Hall–Kier alpha value is -1.20. The van der Waals surface area contributed by atoms with E-state index in [9.17, 15) is 0 Å². The SMILES string of the molecule is CCc1cc(C(C)C)nc(N(CCO)CCO)n1. The molecule has 0 saturated carbocycles. The van der Waals surface area contributed by atoms with Crippen LogP contribution in [-0.2, 0) is 6.42 Å². The molecule has 5 nitrogen and oxygen atoms in total. The Morgan fingerprint density at radius 3 is 2.22 bits per heavy atom. The molecule has 102 valence electrons. The van der Waals surface area contributed by atoms with Crippen molar-refractivity contribution >= 4 is 5.95 Å². The Morgan fingerprint density at radius 1 is 1.17 bits per heavy atom. The summed E-state index contributed by atoms with van der Waals surface area (Å²) in [5.74, 6) is 0.934. The van der Waals surface area contributed by atoms with E-state index in [4.69, 9.17) is 10.2 Å². The highest BCUT2D eigenvalue weighted by Crippen LogP contribution is 2.17. The zero-order valence-electron chi connectivity index (χ0n) is 11.4. The van der Waals surface area contributed by atoms with Crippen LogP contribution in [0.15, 0.2) is 6.07 Å². The molecule has 1 aromatic rings. The summed E-state index contributed by atoms with van der Waals surface area (Å²) in [5.41, 5.74) is 1.99. The van der Waals surface area contributed by atoms with E-state index in [1.165, 1.54) is 0 Å². The molecule has 0 spiro atoms. The minimum absolute atomic E-state index is 0.0245. The van der Waals surface area contributed by atoms with Crippen molar-refractivity contribution in [2.24, 2.45) is 0 Å². The molecule has 1 aromatic heterocycles. The van der Waals surface area contributed by atoms with Gasteiger partial charge in [-0.05, 0) is 18.4 Å². The number of aryl methyl sites for hydroxylation is 1. The van der Waals surface area contributed by atoms with E-state index in [-0.39, 0.29) is 13.2 Å². The van der Waals surface area contributed by atoms with Gasteiger partial charge in [0.05, 0.1) is 13.2 Å². The van der Waals surface area contributed by atoms with E-state index < -0.39 is 0 Å². The largest absolute Gasteiger partial charge is 0.395 e. The van der Waals surface area contributed by atoms with Crippen LogP contribution in [0, 0.1) is 0 Å². The van der Waals surface area contributed by atoms with Gasteiger partial charge >= 0.3 is 0 Å². The lowest BCUT2D eigenvalue weighted by molar-refractivity contribution is 0.280. The number of nitrogens with zero attached hydrogens (tertiary/aromatic N) is 3. The normalized spacial score (nSPS) is 11.0. The van der Waals surface area contributed by atoms with Crippen molar-refractivity contribution in [2.75, 3.05) is 31.2 Å². The Morgan fingerprint density at radius 2 is 1.78 bits per heavy atom. The first-order valence-corrected chi connectivity index (χ1v) is 6.46. The Balaban J connectivity index is 3.07. The van der Waals surface area contributed by atoms with E-state index in [1.807, 2.05) is 11.0 Å². The van der Waals surface area contributed by atoms with Crippen molar-refractivity contribution in [1.29, 1.82) is 0 Å². The van der Waals surface area contributed by atoms with Gasteiger partial charge in [0, 0.05) is 24.5 Å². The van der Waals surface area contributed by atoms with Crippen LogP contribution in [0.5, 0.6) is 0 Å². The second-order valence-corrected chi connectivity index (χ2v) is 4.53. The Kier molecular flexibility index (Phi) is 6.01. The fourth-order valence-electron chi connectivity index (χ4n) is 1.68. The highest BCUT2D eigenvalue weighted by molar-refractivity contribution is 5.33. The van der Waals surface area contributed by atoms with Crippen molar-refractivity contribution in [2.45, 2.75) is 33.1 Å². The van der Waals surface area contributed by atoms with Gasteiger partial charge in [0.25, 0.3) is 0 Å². The van der Waals surface area contributed by atoms with Crippen LogP contribution >= 0.6 is 0 Å². The first-order chi connectivity index (χ1) is 8.62. The molecule has 2 N–H and O–H groups in total. The van der Waals surface area contributed by atoms with Crippen molar-refractivity contribution in [1.82, 2.24) is 9.97 Å². The van der Waals surface area contributed by atoms with Crippen LogP contribution in [0.25, 0.3) is 0 Å². The molecule has 1 rings (SSSR count). The molecule has 18 heavy (non-hydrogen) atoms. The maximum atomic E-state index is 9.05. The number of rotatable bonds is 7. The average Bonchev–Trinajstić information content (AvgIpc) is 2.37. The van der Waals surface area contributed by atoms with Gasteiger partial charge in [-0.2, -0.15) is 0 Å². The van der Waals surface area contributed by atoms with Gasteiger partial charge < -0.3 is 15.1 Å². The van der Waals surface area contributed by atoms with Crippen molar-refractivity contribution in [3.05, 3.63) is 17.5 Å². The molecule has 0 saturated heterocycles. The topological polar surface area (TPSA) is 69.5 Å². The molecule has 0 radical (unpaired) electrons. The summed E-state index contributed by atoms with van der Waals surface area (Å²) in [5, 5.41) is 18.1. The molecule has 0 aromatic carbocycles. The van der Waals surface area contributed by atoms with Gasteiger partial charge in [-0.3, -0.25) is 0 Å². The predicted octanol–water partition coefficient (Wildman–Crippen LogP) is 0.953. The van der Waals surface area contributed by atoms with E-state index >= 15 is 0 Å². The van der Waals surface area contributed by atoms with Crippen LogP contribution in [0.4, 0.5) is 5.95 Å². The fourth-order valence-corrected chi connectivity index (χ4v) is 1.68. The molecule has 1 heterocycles. The van der Waals surface area contributed by atoms with Crippen LogP contribution in [0.1, 0.15) is 38.1 Å². The summed E-state index contributed by atoms with van der Waals surface area (Å²) < 4.78 is 0. The van der Waals surface area contributed by atoms with Gasteiger partial charge in [-0.25, -0.2) is 9.97 Å². The molecule has 0 fully saturated rings. The first-order valence-electron chi connectivity index (χ1n) is 6.46. The van der Waals surface area contributed by atoms with Crippen LogP contribution in [-0.4, -0.2) is 46.5 Å². The molecule has 5 heteroatoms. The number of hydrogen-bond donors (Lipinski definition) is 2. The lowest BCUT2D eigenvalue weighted by atomic mass is 10.1. The number of aliphatic hydroxyl groups is 2. The third kappa shape index (κ3) is 3.92. The molecule has 0 aliphatic carbocycles. The maximum absolute atomic E-state index is 9.05. The molecule has 0 aliphatic heterocycles. The summed E-state index contributed by atoms with van der Waals surface area (Å²) in [6, 6.07) is 2.02. The summed E-state index contributed by atoms with van der Waals surface area (Å²) in [4.78, 5) is 10.8. The molecule has 0 bridgehead atoms. The lowest BCUT2D eigenvalue weighted by Gasteiger charge is -2.22. The van der Waals surface area contributed by atoms with Crippen LogP contribution in [0.2, 0.25) is 0 Å². The highest BCUT2D eigenvalue weighted by atomic mass is 16.3. The maximum Gasteiger partial charge on any atom is 0.225 e. The molecule has 0 unspecified atom stereocenters. The zero-order chi connectivity index (χ0) is 13.5. The third-order valence-electron chi connectivity index (χ3n) is 2.76. The standard InChI is InChI=1S/C13H23N3O2/c1-4-11-9-12(10(2)3)15-13(14-11)16(5-7-17)6-8-18/h9-10,17-18H,4-8H2,1-3H3.